The summed E-state index contributed by atoms with van der Waals surface area (Å²) in [6, 6.07) is 5.61. The van der Waals surface area contributed by atoms with E-state index in [0.29, 0.717) is 5.56 Å². The molecule has 0 saturated carbocycles. The Morgan fingerprint density at radius 1 is 1.21 bits per heavy atom. The van der Waals surface area contributed by atoms with Crippen LogP contribution in [0.3, 0.4) is 0 Å². The van der Waals surface area contributed by atoms with E-state index in [2.05, 4.69) is 4.72 Å². The van der Waals surface area contributed by atoms with Crippen LogP contribution >= 0.6 is 11.3 Å². The molecule has 0 saturated heterocycles. The molecule has 3 aromatic rings. The van der Waals surface area contributed by atoms with Gasteiger partial charge in [0.15, 0.2) is 0 Å². The number of carboxylic acid groups (broad SMARTS) is 1. The van der Waals surface area contributed by atoms with Crippen molar-refractivity contribution in [3.63, 3.8) is 0 Å². The van der Waals surface area contributed by atoms with Crippen LogP contribution in [0.5, 0.6) is 0 Å². The molecule has 154 valence electrons. The molecule has 0 radical (unpaired) electrons. The second kappa shape index (κ2) is 7.58. The van der Waals surface area contributed by atoms with Crippen molar-refractivity contribution in [1.29, 1.82) is 0 Å². The van der Waals surface area contributed by atoms with Gasteiger partial charge in [-0.25, -0.2) is 22.7 Å². The average Bonchev–Trinajstić information content (AvgIpc) is 3.09. The summed E-state index contributed by atoms with van der Waals surface area (Å²) in [5, 5.41) is 9.14. The first kappa shape index (κ1) is 21.0. The van der Waals surface area contributed by atoms with E-state index in [0.717, 1.165) is 20.3 Å². The molecule has 0 aliphatic heterocycles. The van der Waals surface area contributed by atoms with E-state index < -0.39 is 27.2 Å². The number of sulfonamides is 1. The predicted octanol–water partition coefficient (Wildman–Crippen LogP) is 1.26. The average molecular weight is 437 g/mol. The topological polar surface area (TPSA) is 127 Å². The number of carboxylic acids is 1. The molecular weight excluding hydrogens is 418 g/mol. The summed E-state index contributed by atoms with van der Waals surface area (Å²) in [7, 11) is -3.65. The quantitative estimate of drug-likeness (QED) is 0.598. The van der Waals surface area contributed by atoms with Crippen LogP contribution in [-0.4, -0.2) is 34.5 Å². The summed E-state index contributed by atoms with van der Waals surface area (Å²) in [4.78, 5) is 36.9. The van der Waals surface area contributed by atoms with Crippen molar-refractivity contribution >= 4 is 32.2 Å². The van der Waals surface area contributed by atoms with E-state index >= 15 is 0 Å². The van der Waals surface area contributed by atoms with Gasteiger partial charge in [-0.1, -0.05) is 12.1 Å². The highest BCUT2D eigenvalue weighted by molar-refractivity contribution is 7.89. The molecule has 11 heteroatoms. The monoisotopic (exact) mass is 437 g/mol. The number of fused-ring (bicyclic) bond motifs is 1. The fraction of sp³-hybridized carbons (Fsp3) is 0.278. The number of thiazole rings is 1. The molecule has 0 fully saturated rings. The Labute approximate surface area is 169 Å². The van der Waals surface area contributed by atoms with Crippen LogP contribution in [0, 0.1) is 6.92 Å². The second-order valence-electron chi connectivity index (χ2n) is 6.79. The lowest BCUT2D eigenvalue weighted by Crippen LogP contribution is -2.38. The number of nitrogens with zero attached hydrogens (tertiary/aromatic N) is 2. The fourth-order valence-corrected chi connectivity index (χ4v) is 5.01. The van der Waals surface area contributed by atoms with Crippen LogP contribution in [0.15, 0.2) is 44.9 Å². The molecule has 0 spiro atoms. The van der Waals surface area contributed by atoms with Crippen molar-refractivity contribution in [2.24, 2.45) is 0 Å². The third-order valence-electron chi connectivity index (χ3n) is 4.17. The van der Waals surface area contributed by atoms with E-state index in [4.69, 9.17) is 5.11 Å². The maximum atomic E-state index is 12.7. The third-order valence-corrected chi connectivity index (χ3v) is 7.04. The van der Waals surface area contributed by atoms with Crippen molar-refractivity contribution in [2.75, 3.05) is 0 Å². The molecule has 0 unspecified atom stereocenters. The summed E-state index contributed by atoms with van der Waals surface area (Å²) in [5.41, 5.74) is -0.354. The Balaban J connectivity index is 2.02. The van der Waals surface area contributed by atoms with Crippen LogP contribution in [0.2, 0.25) is 0 Å². The molecule has 0 atom stereocenters. The van der Waals surface area contributed by atoms with E-state index in [1.807, 2.05) is 0 Å². The van der Waals surface area contributed by atoms with Gasteiger partial charge in [0.05, 0.1) is 11.4 Å². The Morgan fingerprint density at radius 2 is 1.83 bits per heavy atom. The lowest BCUT2D eigenvalue weighted by Gasteiger charge is -2.11. The minimum Gasteiger partial charge on any atom is -0.477 e. The highest BCUT2D eigenvalue weighted by atomic mass is 32.2. The van der Waals surface area contributed by atoms with Crippen molar-refractivity contribution in [1.82, 2.24) is 13.7 Å². The van der Waals surface area contributed by atoms with Gasteiger partial charge in [-0.05, 0) is 38.5 Å². The summed E-state index contributed by atoms with van der Waals surface area (Å²) in [5.74, 6) is -1.18. The molecule has 29 heavy (non-hydrogen) atoms. The van der Waals surface area contributed by atoms with E-state index in [-0.39, 0.29) is 32.8 Å². The lowest BCUT2D eigenvalue weighted by molar-refractivity contribution is 0.0701. The maximum Gasteiger partial charge on any atom is 0.347 e. The van der Waals surface area contributed by atoms with Crippen LogP contribution in [-0.2, 0) is 16.6 Å². The van der Waals surface area contributed by atoms with Gasteiger partial charge in [-0.3, -0.25) is 13.8 Å². The van der Waals surface area contributed by atoms with Gasteiger partial charge in [0.2, 0.25) is 10.0 Å². The SMILES string of the molecule is Cc1c(=O)n(Cc2ccc(S(=O)(=O)NC(C)C)cc2)c(=O)n2cc(C(=O)O)sc12. The standard InChI is InChI=1S/C18H19N3O6S2/c1-10(2)19-29(26,27)13-6-4-12(5-7-13)8-20-15(22)11(3)16-21(18(20)25)9-14(28-16)17(23)24/h4-7,9-10,19H,8H2,1-3H3,(H,23,24). The first-order valence-electron chi connectivity index (χ1n) is 8.61. The maximum absolute atomic E-state index is 12.7. The molecule has 0 bridgehead atoms. The van der Waals surface area contributed by atoms with Crippen LogP contribution in [0.4, 0.5) is 0 Å². The third kappa shape index (κ3) is 4.02. The summed E-state index contributed by atoms with van der Waals surface area (Å²) >= 11 is 0.861. The summed E-state index contributed by atoms with van der Waals surface area (Å²) in [6.07, 6.45) is 1.20. The first-order valence-corrected chi connectivity index (χ1v) is 10.9. The molecule has 0 aliphatic carbocycles. The number of aryl methyl sites for hydroxylation is 1. The number of aromatic nitrogens is 2. The van der Waals surface area contributed by atoms with Crippen LogP contribution in [0.1, 0.15) is 34.6 Å². The van der Waals surface area contributed by atoms with Crippen molar-refractivity contribution in [3.8, 4) is 0 Å². The number of carbonyl (C=O) groups is 1. The van der Waals surface area contributed by atoms with Crippen LogP contribution < -0.4 is 16.0 Å². The molecule has 1 aromatic carbocycles. The molecule has 9 nitrogen and oxygen atoms in total. The van der Waals surface area contributed by atoms with E-state index in [1.165, 1.54) is 37.4 Å². The lowest BCUT2D eigenvalue weighted by atomic mass is 10.2. The van der Waals surface area contributed by atoms with Crippen molar-refractivity contribution in [3.05, 3.63) is 67.3 Å². The molecule has 2 aromatic heterocycles. The Kier molecular flexibility index (Phi) is 5.48. The normalized spacial score (nSPS) is 12.0. The van der Waals surface area contributed by atoms with Crippen molar-refractivity contribution in [2.45, 2.75) is 38.3 Å². The summed E-state index contributed by atoms with van der Waals surface area (Å²) < 4.78 is 29.0. The number of hydrogen-bond donors (Lipinski definition) is 2. The zero-order valence-electron chi connectivity index (χ0n) is 15.9. The van der Waals surface area contributed by atoms with E-state index in [1.54, 1.807) is 13.8 Å². The van der Waals surface area contributed by atoms with Gasteiger partial charge in [-0.15, -0.1) is 11.3 Å². The number of rotatable bonds is 6. The largest absolute Gasteiger partial charge is 0.477 e. The molecule has 2 heterocycles. The number of nitrogens with one attached hydrogen (secondary N) is 1. The van der Waals surface area contributed by atoms with E-state index in [9.17, 15) is 22.8 Å². The second-order valence-corrected chi connectivity index (χ2v) is 9.54. The van der Waals surface area contributed by atoms with Gasteiger partial charge in [-0.2, -0.15) is 0 Å². The highest BCUT2D eigenvalue weighted by Crippen LogP contribution is 2.18. The number of hydrogen-bond acceptors (Lipinski definition) is 6. The van der Waals surface area contributed by atoms with Crippen LogP contribution in [0.25, 0.3) is 4.83 Å². The van der Waals surface area contributed by atoms with Gasteiger partial charge < -0.3 is 5.11 Å². The van der Waals surface area contributed by atoms with Gasteiger partial charge >= 0.3 is 11.7 Å². The minimum atomic E-state index is -3.65. The van der Waals surface area contributed by atoms with Gasteiger partial charge in [0.1, 0.15) is 9.71 Å². The number of benzene rings is 1. The highest BCUT2D eigenvalue weighted by Gasteiger charge is 2.18. The Hall–Kier alpha value is -2.76. The van der Waals surface area contributed by atoms with Gasteiger partial charge in [0, 0.05) is 17.8 Å². The number of aromatic carboxylic acids is 1. The Bertz CT molecular complexity index is 1310. The molecular formula is C18H19N3O6S2. The predicted molar refractivity (Wildman–Crippen MR) is 109 cm³/mol. The van der Waals surface area contributed by atoms with Crippen molar-refractivity contribution < 1.29 is 18.3 Å². The Morgan fingerprint density at radius 3 is 2.38 bits per heavy atom. The summed E-state index contributed by atoms with van der Waals surface area (Å²) in [6.45, 7) is 4.88. The smallest absolute Gasteiger partial charge is 0.347 e. The molecule has 2 N–H and O–H groups in total. The fourth-order valence-electron chi connectivity index (χ4n) is 2.84. The molecule has 3 rings (SSSR count). The molecule has 0 aliphatic rings. The zero-order valence-corrected chi connectivity index (χ0v) is 17.5. The molecule has 0 amide bonds. The first-order chi connectivity index (χ1) is 13.5. The van der Waals surface area contributed by atoms with Gasteiger partial charge in [0.25, 0.3) is 5.56 Å². The zero-order chi connectivity index (χ0) is 21.5. The minimum absolute atomic E-state index is 0.0467.